The molecule has 0 aromatic carbocycles. The average molecular weight is 184 g/mol. The molecule has 2 N–H and O–H groups in total. The van der Waals surface area contributed by atoms with Crippen molar-refractivity contribution in [2.75, 3.05) is 26.3 Å². The standard InChI is InChI=1S/C10H20N2O/c1-9(2)8-13-6-5-12(9)7-10(11)3-4-10/h3-8,11H2,1-2H3. The first kappa shape index (κ1) is 9.44. The lowest BCUT2D eigenvalue weighted by atomic mass is 10.0. The van der Waals surface area contributed by atoms with Crippen LogP contribution in [-0.2, 0) is 4.74 Å². The summed E-state index contributed by atoms with van der Waals surface area (Å²) in [6.07, 6.45) is 2.39. The van der Waals surface area contributed by atoms with Gasteiger partial charge in [0.15, 0.2) is 0 Å². The van der Waals surface area contributed by atoms with Crippen molar-refractivity contribution < 1.29 is 4.74 Å². The van der Waals surface area contributed by atoms with Crippen LogP contribution in [0.4, 0.5) is 0 Å². The maximum Gasteiger partial charge on any atom is 0.0645 e. The largest absolute Gasteiger partial charge is 0.378 e. The van der Waals surface area contributed by atoms with Gasteiger partial charge in [-0.3, -0.25) is 4.90 Å². The van der Waals surface area contributed by atoms with E-state index in [4.69, 9.17) is 10.5 Å². The van der Waals surface area contributed by atoms with Gasteiger partial charge < -0.3 is 10.5 Å². The van der Waals surface area contributed by atoms with Gasteiger partial charge in [0.25, 0.3) is 0 Å². The minimum Gasteiger partial charge on any atom is -0.378 e. The summed E-state index contributed by atoms with van der Waals surface area (Å²) < 4.78 is 5.47. The fraction of sp³-hybridized carbons (Fsp3) is 1.00. The fourth-order valence-electron chi connectivity index (χ4n) is 1.88. The molecule has 3 nitrogen and oxygen atoms in total. The Morgan fingerprint density at radius 1 is 1.38 bits per heavy atom. The van der Waals surface area contributed by atoms with Crippen LogP contribution in [0.25, 0.3) is 0 Å². The van der Waals surface area contributed by atoms with E-state index < -0.39 is 0 Å². The lowest BCUT2D eigenvalue weighted by Crippen LogP contribution is -2.56. The molecular weight excluding hydrogens is 164 g/mol. The van der Waals surface area contributed by atoms with E-state index in [2.05, 4.69) is 18.7 Å². The number of hydrogen-bond donors (Lipinski definition) is 1. The van der Waals surface area contributed by atoms with Crippen LogP contribution in [0.5, 0.6) is 0 Å². The summed E-state index contributed by atoms with van der Waals surface area (Å²) >= 11 is 0. The van der Waals surface area contributed by atoms with Crippen LogP contribution in [0.2, 0.25) is 0 Å². The van der Waals surface area contributed by atoms with Gasteiger partial charge in [0.2, 0.25) is 0 Å². The van der Waals surface area contributed by atoms with E-state index in [9.17, 15) is 0 Å². The summed E-state index contributed by atoms with van der Waals surface area (Å²) in [5, 5.41) is 0. The molecule has 3 heteroatoms. The van der Waals surface area contributed by atoms with Gasteiger partial charge in [-0.1, -0.05) is 0 Å². The molecule has 1 saturated carbocycles. The van der Waals surface area contributed by atoms with E-state index in [0.717, 1.165) is 26.3 Å². The van der Waals surface area contributed by atoms with Crippen molar-refractivity contribution in [1.82, 2.24) is 4.90 Å². The smallest absolute Gasteiger partial charge is 0.0645 e. The molecule has 0 aromatic heterocycles. The third-order valence-electron chi connectivity index (χ3n) is 3.21. The molecule has 76 valence electrons. The number of rotatable bonds is 2. The third kappa shape index (κ3) is 2.03. The molecule has 1 aliphatic heterocycles. The summed E-state index contributed by atoms with van der Waals surface area (Å²) in [5.74, 6) is 0. The Bertz CT molecular complexity index is 199. The zero-order chi connectivity index (χ0) is 9.53. The highest BCUT2D eigenvalue weighted by Crippen LogP contribution is 2.35. The Hall–Kier alpha value is -0.120. The van der Waals surface area contributed by atoms with Gasteiger partial charge in [0, 0.05) is 24.2 Å². The molecule has 1 aliphatic carbocycles. The molecule has 0 aromatic rings. The Labute approximate surface area is 80.2 Å². The molecular formula is C10H20N2O. The monoisotopic (exact) mass is 184 g/mol. The molecule has 2 rings (SSSR count). The maximum absolute atomic E-state index is 6.12. The van der Waals surface area contributed by atoms with Gasteiger partial charge in [-0.05, 0) is 26.7 Å². The van der Waals surface area contributed by atoms with Gasteiger partial charge >= 0.3 is 0 Å². The van der Waals surface area contributed by atoms with Crippen molar-refractivity contribution >= 4 is 0 Å². The summed E-state index contributed by atoms with van der Waals surface area (Å²) in [5.41, 5.74) is 6.42. The number of morpholine rings is 1. The van der Waals surface area contributed by atoms with Crippen LogP contribution < -0.4 is 5.73 Å². The fourth-order valence-corrected chi connectivity index (χ4v) is 1.88. The summed E-state index contributed by atoms with van der Waals surface area (Å²) in [6, 6.07) is 0. The van der Waals surface area contributed by atoms with Crippen molar-refractivity contribution in [3.8, 4) is 0 Å². The minimum atomic E-state index is 0.134. The SMILES string of the molecule is CC1(C)COCCN1CC1(N)CC1. The van der Waals surface area contributed by atoms with Crippen LogP contribution in [0, 0.1) is 0 Å². The average Bonchev–Trinajstić information content (AvgIpc) is 2.74. The van der Waals surface area contributed by atoms with Crippen LogP contribution >= 0.6 is 0 Å². The Balaban J connectivity index is 1.95. The number of nitrogens with two attached hydrogens (primary N) is 1. The summed E-state index contributed by atoms with van der Waals surface area (Å²) in [6.45, 7) is 8.24. The van der Waals surface area contributed by atoms with E-state index in [1.165, 1.54) is 12.8 Å². The van der Waals surface area contributed by atoms with Crippen LogP contribution in [0.1, 0.15) is 26.7 Å². The predicted octanol–water partition coefficient (Wildman–Crippen LogP) is 0.588. The van der Waals surface area contributed by atoms with Crippen molar-refractivity contribution in [1.29, 1.82) is 0 Å². The predicted molar refractivity (Wildman–Crippen MR) is 52.6 cm³/mol. The highest BCUT2D eigenvalue weighted by Gasteiger charge is 2.43. The Morgan fingerprint density at radius 3 is 2.62 bits per heavy atom. The first-order chi connectivity index (χ1) is 6.02. The van der Waals surface area contributed by atoms with Gasteiger partial charge in [-0.15, -0.1) is 0 Å². The number of nitrogens with zero attached hydrogens (tertiary/aromatic N) is 1. The molecule has 0 bridgehead atoms. The second kappa shape index (κ2) is 2.94. The van der Waals surface area contributed by atoms with Gasteiger partial charge in [0.1, 0.15) is 0 Å². The molecule has 2 fully saturated rings. The highest BCUT2D eigenvalue weighted by molar-refractivity contribution is 5.03. The third-order valence-corrected chi connectivity index (χ3v) is 3.21. The van der Waals surface area contributed by atoms with Crippen molar-refractivity contribution in [2.24, 2.45) is 5.73 Å². The Kier molecular flexibility index (Phi) is 2.13. The van der Waals surface area contributed by atoms with Crippen LogP contribution in [0.3, 0.4) is 0 Å². The number of hydrogen-bond acceptors (Lipinski definition) is 3. The van der Waals surface area contributed by atoms with Crippen molar-refractivity contribution in [3.63, 3.8) is 0 Å². The molecule has 0 radical (unpaired) electrons. The summed E-state index contributed by atoms with van der Waals surface area (Å²) in [7, 11) is 0. The molecule has 0 unspecified atom stereocenters. The lowest BCUT2D eigenvalue weighted by Gasteiger charge is -2.43. The van der Waals surface area contributed by atoms with E-state index in [-0.39, 0.29) is 11.1 Å². The first-order valence-corrected chi connectivity index (χ1v) is 5.14. The Morgan fingerprint density at radius 2 is 2.08 bits per heavy atom. The van der Waals surface area contributed by atoms with Crippen LogP contribution in [-0.4, -0.2) is 42.3 Å². The van der Waals surface area contributed by atoms with Crippen molar-refractivity contribution in [2.45, 2.75) is 37.8 Å². The second-order valence-electron chi connectivity index (χ2n) is 5.15. The summed E-state index contributed by atoms with van der Waals surface area (Å²) in [4.78, 5) is 2.48. The van der Waals surface area contributed by atoms with Gasteiger partial charge in [-0.2, -0.15) is 0 Å². The maximum atomic E-state index is 6.12. The van der Waals surface area contributed by atoms with E-state index in [0.29, 0.717) is 0 Å². The number of ether oxygens (including phenoxy) is 1. The molecule has 13 heavy (non-hydrogen) atoms. The quantitative estimate of drug-likeness (QED) is 0.682. The second-order valence-corrected chi connectivity index (χ2v) is 5.15. The molecule has 1 heterocycles. The lowest BCUT2D eigenvalue weighted by molar-refractivity contribution is -0.0542. The zero-order valence-electron chi connectivity index (χ0n) is 8.68. The van der Waals surface area contributed by atoms with Gasteiger partial charge in [0.05, 0.1) is 13.2 Å². The minimum absolute atomic E-state index is 0.134. The molecule has 2 aliphatic rings. The van der Waals surface area contributed by atoms with Crippen molar-refractivity contribution in [3.05, 3.63) is 0 Å². The topological polar surface area (TPSA) is 38.5 Å². The van der Waals surface area contributed by atoms with E-state index >= 15 is 0 Å². The van der Waals surface area contributed by atoms with E-state index in [1.807, 2.05) is 0 Å². The normalized spacial score (nSPS) is 31.6. The first-order valence-electron chi connectivity index (χ1n) is 5.14. The molecule has 0 spiro atoms. The highest BCUT2D eigenvalue weighted by atomic mass is 16.5. The van der Waals surface area contributed by atoms with Crippen LogP contribution in [0.15, 0.2) is 0 Å². The zero-order valence-corrected chi connectivity index (χ0v) is 8.68. The molecule has 1 saturated heterocycles. The van der Waals surface area contributed by atoms with E-state index in [1.54, 1.807) is 0 Å². The van der Waals surface area contributed by atoms with Gasteiger partial charge in [-0.25, -0.2) is 0 Å². The molecule has 0 amide bonds. The molecule has 0 atom stereocenters.